The molecule has 0 aromatic rings. The molecule has 0 radical (unpaired) electrons. The highest BCUT2D eigenvalue weighted by atomic mass is 35.5. The summed E-state index contributed by atoms with van der Waals surface area (Å²) in [7, 11) is 0. The Hall–Kier alpha value is 0.480. The molecule has 1 aliphatic rings. The Bertz CT molecular complexity index is 221. The van der Waals surface area contributed by atoms with Crippen LogP contribution in [0.4, 0.5) is 0 Å². The number of rotatable bonds is 6. The molecule has 1 fully saturated rings. The fourth-order valence-corrected chi connectivity index (χ4v) is 3.15. The molecule has 6 heteroatoms. The first-order chi connectivity index (χ1) is 8.02. The standard InChI is InChI=1S/C12H25NO3S.ClH/c1-8(2)3-5-17-6-4-9-11(15)12(16)10(14)7-13-9;/h8-16H,3-7H2,1-2H3;1H/t9-,10-,11+,12+;/m1./s1. The lowest BCUT2D eigenvalue weighted by Gasteiger charge is -2.36. The van der Waals surface area contributed by atoms with Crippen molar-refractivity contribution >= 4 is 24.2 Å². The molecule has 4 atom stereocenters. The largest absolute Gasteiger partial charge is 0.389 e. The van der Waals surface area contributed by atoms with E-state index in [4.69, 9.17) is 0 Å². The Kier molecular flexibility index (Phi) is 9.64. The molecular weight excluding hydrogens is 274 g/mol. The lowest BCUT2D eigenvalue weighted by atomic mass is 9.94. The van der Waals surface area contributed by atoms with Crippen molar-refractivity contribution in [2.24, 2.45) is 5.92 Å². The van der Waals surface area contributed by atoms with E-state index in [1.54, 1.807) is 0 Å². The van der Waals surface area contributed by atoms with E-state index in [2.05, 4.69) is 19.2 Å². The van der Waals surface area contributed by atoms with Gasteiger partial charge in [0.1, 0.15) is 6.10 Å². The maximum absolute atomic E-state index is 9.77. The molecule has 18 heavy (non-hydrogen) atoms. The fourth-order valence-electron chi connectivity index (χ4n) is 1.88. The monoisotopic (exact) mass is 299 g/mol. The molecule has 0 spiro atoms. The maximum Gasteiger partial charge on any atom is 0.108 e. The number of aliphatic hydroxyl groups is 3. The quantitative estimate of drug-likeness (QED) is 0.542. The van der Waals surface area contributed by atoms with Gasteiger partial charge in [-0.05, 0) is 30.3 Å². The van der Waals surface area contributed by atoms with Crippen molar-refractivity contribution in [2.75, 3.05) is 18.1 Å². The van der Waals surface area contributed by atoms with E-state index in [-0.39, 0.29) is 18.4 Å². The molecule has 1 saturated heterocycles. The van der Waals surface area contributed by atoms with E-state index in [0.29, 0.717) is 6.54 Å². The smallest absolute Gasteiger partial charge is 0.108 e. The van der Waals surface area contributed by atoms with Crippen molar-refractivity contribution in [3.05, 3.63) is 0 Å². The van der Waals surface area contributed by atoms with Gasteiger partial charge < -0.3 is 20.6 Å². The van der Waals surface area contributed by atoms with Crippen LogP contribution in [0.3, 0.4) is 0 Å². The lowest BCUT2D eigenvalue weighted by molar-refractivity contribution is -0.0941. The first kappa shape index (κ1) is 18.5. The highest BCUT2D eigenvalue weighted by molar-refractivity contribution is 7.99. The minimum Gasteiger partial charge on any atom is -0.389 e. The van der Waals surface area contributed by atoms with Gasteiger partial charge in [-0.1, -0.05) is 13.8 Å². The van der Waals surface area contributed by atoms with Gasteiger partial charge in [0.2, 0.25) is 0 Å². The van der Waals surface area contributed by atoms with Crippen LogP contribution in [0.2, 0.25) is 0 Å². The first-order valence-corrected chi connectivity index (χ1v) is 7.53. The van der Waals surface area contributed by atoms with E-state index in [1.807, 2.05) is 11.8 Å². The molecular formula is C12H26ClNO3S. The third kappa shape index (κ3) is 6.08. The van der Waals surface area contributed by atoms with E-state index < -0.39 is 18.3 Å². The number of piperidine rings is 1. The summed E-state index contributed by atoms with van der Waals surface area (Å²) in [4.78, 5) is 0. The van der Waals surface area contributed by atoms with Gasteiger partial charge in [0, 0.05) is 12.6 Å². The molecule has 0 aromatic heterocycles. The number of halogens is 1. The summed E-state index contributed by atoms with van der Waals surface area (Å²) in [6.45, 7) is 4.79. The van der Waals surface area contributed by atoms with Crippen molar-refractivity contribution in [3.63, 3.8) is 0 Å². The van der Waals surface area contributed by atoms with Crippen molar-refractivity contribution in [1.29, 1.82) is 0 Å². The Morgan fingerprint density at radius 3 is 2.44 bits per heavy atom. The first-order valence-electron chi connectivity index (χ1n) is 6.37. The van der Waals surface area contributed by atoms with Crippen molar-refractivity contribution in [1.82, 2.24) is 5.32 Å². The SMILES string of the molecule is CC(C)CCSCC[C@H]1NC[C@@H](O)[C@H](O)[C@H]1O.Cl. The molecule has 4 N–H and O–H groups in total. The summed E-state index contributed by atoms with van der Waals surface area (Å²) in [5.74, 6) is 2.86. The Balaban J connectivity index is 0.00000289. The van der Waals surface area contributed by atoms with Gasteiger partial charge in [-0.25, -0.2) is 0 Å². The second-order valence-corrected chi connectivity index (χ2v) is 6.37. The molecule has 0 aliphatic carbocycles. The molecule has 0 bridgehead atoms. The normalized spacial score (nSPS) is 32.3. The van der Waals surface area contributed by atoms with E-state index in [0.717, 1.165) is 23.8 Å². The van der Waals surface area contributed by atoms with Crippen LogP contribution in [0.25, 0.3) is 0 Å². The molecule has 0 saturated carbocycles. The molecule has 0 aromatic carbocycles. The zero-order valence-corrected chi connectivity index (χ0v) is 12.7. The topological polar surface area (TPSA) is 72.7 Å². The number of hydrogen-bond donors (Lipinski definition) is 4. The number of thioether (sulfide) groups is 1. The highest BCUT2D eigenvalue weighted by Gasteiger charge is 2.35. The lowest BCUT2D eigenvalue weighted by Crippen LogP contribution is -2.59. The number of hydrogen-bond acceptors (Lipinski definition) is 5. The predicted octanol–water partition coefficient (Wildman–Crippen LogP) is 0.632. The van der Waals surface area contributed by atoms with E-state index in [1.165, 1.54) is 6.42 Å². The number of β-amino-alcohol motifs (C(OH)–C–C–N with tert-alkyl or cyclic N) is 1. The summed E-state index contributed by atoms with van der Waals surface area (Å²) < 4.78 is 0. The predicted molar refractivity (Wildman–Crippen MR) is 78.5 cm³/mol. The van der Waals surface area contributed by atoms with Gasteiger partial charge in [0.25, 0.3) is 0 Å². The van der Waals surface area contributed by atoms with Gasteiger partial charge in [-0.3, -0.25) is 0 Å². The van der Waals surface area contributed by atoms with Crippen LogP contribution in [0.5, 0.6) is 0 Å². The maximum atomic E-state index is 9.77. The number of aliphatic hydroxyl groups excluding tert-OH is 3. The van der Waals surface area contributed by atoms with Crippen LogP contribution in [0.1, 0.15) is 26.7 Å². The Morgan fingerprint density at radius 1 is 1.17 bits per heavy atom. The van der Waals surface area contributed by atoms with Crippen molar-refractivity contribution in [3.8, 4) is 0 Å². The minimum atomic E-state index is -1.01. The third-order valence-electron chi connectivity index (χ3n) is 3.16. The molecule has 0 amide bonds. The average molecular weight is 300 g/mol. The van der Waals surface area contributed by atoms with E-state index >= 15 is 0 Å². The van der Waals surface area contributed by atoms with Crippen LogP contribution < -0.4 is 5.32 Å². The average Bonchev–Trinajstić information content (AvgIpc) is 2.28. The zero-order valence-electron chi connectivity index (χ0n) is 11.1. The van der Waals surface area contributed by atoms with Crippen molar-refractivity contribution in [2.45, 2.75) is 51.0 Å². The molecule has 4 nitrogen and oxygen atoms in total. The summed E-state index contributed by atoms with van der Waals surface area (Å²) in [6, 6.07) is -0.0973. The minimum absolute atomic E-state index is 0. The van der Waals surface area contributed by atoms with Crippen LogP contribution >= 0.6 is 24.2 Å². The Morgan fingerprint density at radius 2 is 1.83 bits per heavy atom. The molecule has 0 unspecified atom stereocenters. The second kappa shape index (κ2) is 9.39. The molecule has 110 valence electrons. The number of nitrogens with one attached hydrogen (secondary N) is 1. The summed E-state index contributed by atoms with van der Waals surface area (Å²) in [5.41, 5.74) is 0. The summed E-state index contributed by atoms with van der Waals surface area (Å²) in [5, 5.41) is 31.8. The molecule has 1 rings (SSSR count). The van der Waals surface area contributed by atoms with Gasteiger partial charge in [-0.15, -0.1) is 12.4 Å². The fraction of sp³-hybridized carbons (Fsp3) is 1.00. The highest BCUT2D eigenvalue weighted by Crippen LogP contribution is 2.16. The van der Waals surface area contributed by atoms with Crippen LogP contribution in [-0.4, -0.2) is 57.7 Å². The van der Waals surface area contributed by atoms with E-state index in [9.17, 15) is 15.3 Å². The van der Waals surface area contributed by atoms with Crippen LogP contribution in [0, 0.1) is 5.92 Å². The third-order valence-corrected chi connectivity index (χ3v) is 4.21. The Labute approximate surface area is 120 Å². The van der Waals surface area contributed by atoms with Gasteiger partial charge in [0.15, 0.2) is 0 Å². The second-order valence-electron chi connectivity index (χ2n) is 5.15. The summed E-state index contributed by atoms with van der Waals surface area (Å²) >= 11 is 1.88. The van der Waals surface area contributed by atoms with Gasteiger partial charge in [-0.2, -0.15) is 11.8 Å². The molecule has 1 heterocycles. The van der Waals surface area contributed by atoms with Crippen molar-refractivity contribution < 1.29 is 15.3 Å². The molecule has 1 aliphatic heterocycles. The van der Waals surface area contributed by atoms with Crippen LogP contribution in [-0.2, 0) is 0 Å². The zero-order chi connectivity index (χ0) is 12.8. The van der Waals surface area contributed by atoms with Crippen LogP contribution in [0.15, 0.2) is 0 Å². The summed E-state index contributed by atoms with van der Waals surface area (Å²) in [6.07, 6.45) is -0.679. The van der Waals surface area contributed by atoms with Gasteiger partial charge in [0.05, 0.1) is 12.2 Å². The van der Waals surface area contributed by atoms with Gasteiger partial charge >= 0.3 is 0 Å².